The van der Waals surface area contributed by atoms with Gasteiger partial charge in [0.15, 0.2) is 0 Å². The molecule has 2 unspecified atom stereocenters. The number of urea groups is 1. The van der Waals surface area contributed by atoms with E-state index in [0.29, 0.717) is 25.5 Å². The van der Waals surface area contributed by atoms with Crippen molar-refractivity contribution in [1.82, 2.24) is 19.7 Å². The van der Waals surface area contributed by atoms with E-state index < -0.39 is 6.10 Å². The number of carbonyl (C=O) groups is 1. The molecule has 0 spiro atoms. The zero-order valence-corrected chi connectivity index (χ0v) is 14.7. The van der Waals surface area contributed by atoms with E-state index in [4.69, 9.17) is 0 Å². The molecule has 0 saturated carbocycles. The Morgan fingerprint density at radius 2 is 2.32 bits per heavy atom. The molecule has 7 nitrogen and oxygen atoms in total. The van der Waals surface area contributed by atoms with Crippen molar-refractivity contribution in [3.05, 3.63) is 41.9 Å². The van der Waals surface area contributed by atoms with Gasteiger partial charge in [-0.15, -0.1) is 0 Å². The molecule has 2 N–H and O–H groups in total. The van der Waals surface area contributed by atoms with Crippen LogP contribution in [0.4, 0.5) is 10.6 Å². The molecule has 1 aliphatic heterocycles. The molecule has 1 saturated heterocycles. The van der Waals surface area contributed by atoms with E-state index >= 15 is 0 Å². The largest absolute Gasteiger partial charge is 0.393 e. The van der Waals surface area contributed by atoms with Gasteiger partial charge < -0.3 is 10.0 Å². The maximum atomic E-state index is 12.6. The fourth-order valence-corrected chi connectivity index (χ4v) is 3.19. The van der Waals surface area contributed by atoms with Gasteiger partial charge in [0.25, 0.3) is 0 Å². The normalized spacial score (nSPS) is 18.8. The second-order valence-corrected chi connectivity index (χ2v) is 6.67. The first-order valence-corrected chi connectivity index (χ1v) is 8.71. The molecule has 7 heteroatoms. The average molecular weight is 343 g/mol. The van der Waals surface area contributed by atoms with Crippen LogP contribution in [0.3, 0.4) is 0 Å². The average Bonchev–Trinajstić information content (AvgIpc) is 2.94. The Bertz CT molecular complexity index is 714. The Labute approximate surface area is 147 Å². The summed E-state index contributed by atoms with van der Waals surface area (Å²) >= 11 is 0. The molecule has 3 rings (SSSR count). The van der Waals surface area contributed by atoms with E-state index in [9.17, 15) is 9.90 Å². The molecular formula is C18H25N5O2. The minimum absolute atomic E-state index is 0.139. The van der Waals surface area contributed by atoms with Crippen LogP contribution in [0.2, 0.25) is 0 Å². The van der Waals surface area contributed by atoms with Gasteiger partial charge in [0.1, 0.15) is 5.82 Å². The van der Waals surface area contributed by atoms with Crippen molar-refractivity contribution in [1.29, 1.82) is 0 Å². The highest BCUT2D eigenvalue weighted by atomic mass is 16.3. The number of rotatable bonds is 4. The van der Waals surface area contributed by atoms with Crippen molar-refractivity contribution >= 4 is 11.8 Å². The molecular weight excluding hydrogens is 318 g/mol. The highest BCUT2D eigenvalue weighted by Gasteiger charge is 2.27. The molecule has 134 valence electrons. The second kappa shape index (κ2) is 7.65. The number of anilines is 1. The number of likely N-dealkylation sites (tertiary alicyclic amines) is 1. The quantitative estimate of drug-likeness (QED) is 0.892. The number of aromatic nitrogens is 3. The molecule has 0 aromatic carbocycles. The van der Waals surface area contributed by atoms with Crippen LogP contribution in [-0.4, -0.2) is 50.0 Å². The van der Waals surface area contributed by atoms with E-state index in [2.05, 4.69) is 15.4 Å². The Balaban J connectivity index is 1.69. The summed E-state index contributed by atoms with van der Waals surface area (Å²) in [6.45, 7) is 5.48. The highest BCUT2D eigenvalue weighted by molar-refractivity contribution is 5.88. The van der Waals surface area contributed by atoms with Gasteiger partial charge in [0, 0.05) is 31.3 Å². The maximum Gasteiger partial charge on any atom is 0.323 e. The lowest BCUT2D eigenvalue weighted by Gasteiger charge is -2.34. The van der Waals surface area contributed by atoms with E-state index in [1.807, 2.05) is 31.2 Å². The molecule has 1 aliphatic rings. The van der Waals surface area contributed by atoms with Gasteiger partial charge in [-0.2, -0.15) is 5.10 Å². The Morgan fingerprint density at radius 3 is 3.04 bits per heavy atom. The number of nitrogens with zero attached hydrogens (tertiary/aromatic N) is 4. The molecule has 25 heavy (non-hydrogen) atoms. The summed E-state index contributed by atoms with van der Waals surface area (Å²) in [6, 6.07) is 7.45. The SMILES string of the molecule is Cc1cc(NC(=O)N2CCCC(C(C)O)C2)n(Cc2ccccn2)n1. The topological polar surface area (TPSA) is 83.3 Å². The first kappa shape index (κ1) is 17.4. The van der Waals surface area contributed by atoms with E-state index in [-0.39, 0.29) is 11.9 Å². The van der Waals surface area contributed by atoms with Crippen LogP contribution >= 0.6 is 0 Å². The third kappa shape index (κ3) is 4.36. The lowest BCUT2D eigenvalue weighted by molar-refractivity contribution is 0.0765. The molecule has 0 bridgehead atoms. The highest BCUT2D eigenvalue weighted by Crippen LogP contribution is 2.21. The predicted molar refractivity (Wildman–Crippen MR) is 95.3 cm³/mol. The van der Waals surface area contributed by atoms with E-state index in [1.54, 1.807) is 22.7 Å². The van der Waals surface area contributed by atoms with Gasteiger partial charge in [-0.25, -0.2) is 9.48 Å². The van der Waals surface area contributed by atoms with Crippen LogP contribution < -0.4 is 5.32 Å². The summed E-state index contributed by atoms with van der Waals surface area (Å²) in [4.78, 5) is 18.7. The number of hydrogen-bond donors (Lipinski definition) is 2. The summed E-state index contributed by atoms with van der Waals surface area (Å²) in [5, 5.41) is 17.2. The zero-order chi connectivity index (χ0) is 17.8. The molecule has 3 heterocycles. The second-order valence-electron chi connectivity index (χ2n) is 6.67. The molecule has 0 aliphatic carbocycles. The number of nitrogens with one attached hydrogen (secondary N) is 1. The van der Waals surface area contributed by atoms with Crippen molar-refractivity contribution in [3.63, 3.8) is 0 Å². The van der Waals surface area contributed by atoms with Gasteiger partial charge in [0.2, 0.25) is 0 Å². The fourth-order valence-electron chi connectivity index (χ4n) is 3.19. The lowest BCUT2D eigenvalue weighted by Crippen LogP contribution is -2.45. The Morgan fingerprint density at radius 1 is 1.48 bits per heavy atom. The molecule has 0 radical (unpaired) electrons. The van der Waals surface area contributed by atoms with E-state index in [0.717, 1.165) is 24.2 Å². The number of piperidine rings is 1. The number of hydrogen-bond acceptors (Lipinski definition) is 4. The predicted octanol–water partition coefficient (Wildman–Crippen LogP) is 2.26. The van der Waals surface area contributed by atoms with Crippen molar-refractivity contribution in [3.8, 4) is 0 Å². The summed E-state index contributed by atoms with van der Waals surface area (Å²) in [7, 11) is 0. The summed E-state index contributed by atoms with van der Waals surface area (Å²) < 4.78 is 1.76. The monoisotopic (exact) mass is 343 g/mol. The number of carbonyl (C=O) groups excluding carboxylic acids is 1. The van der Waals surface area contributed by atoms with Crippen LogP contribution in [0.25, 0.3) is 0 Å². The minimum atomic E-state index is -0.396. The van der Waals surface area contributed by atoms with Crippen molar-refractivity contribution in [2.24, 2.45) is 5.92 Å². The van der Waals surface area contributed by atoms with Crippen molar-refractivity contribution < 1.29 is 9.90 Å². The molecule has 2 aromatic rings. The van der Waals surface area contributed by atoms with Crippen molar-refractivity contribution in [2.45, 2.75) is 39.3 Å². The van der Waals surface area contributed by atoms with E-state index in [1.165, 1.54) is 0 Å². The third-order valence-corrected chi connectivity index (χ3v) is 4.60. The number of pyridine rings is 1. The Kier molecular flexibility index (Phi) is 5.33. The van der Waals surface area contributed by atoms with Crippen molar-refractivity contribution in [2.75, 3.05) is 18.4 Å². The lowest BCUT2D eigenvalue weighted by atomic mass is 9.94. The fraction of sp³-hybridized carbons (Fsp3) is 0.500. The standard InChI is InChI=1S/C18H25N5O2/c1-13-10-17(23(21-13)12-16-7-3-4-8-19-16)20-18(25)22-9-5-6-15(11-22)14(2)24/h3-4,7-8,10,14-15,24H,5-6,9,11-12H2,1-2H3,(H,20,25). The number of aryl methyl sites for hydroxylation is 1. The summed E-state index contributed by atoms with van der Waals surface area (Å²) in [6.07, 6.45) is 3.22. The molecule has 1 fully saturated rings. The third-order valence-electron chi connectivity index (χ3n) is 4.60. The van der Waals surface area contributed by atoms with Gasteiger partial charge in [-0.1, -0.05) is 6.07 Å². The molecule has 2 amide bonds. The van der Waals surface area contributed by atoms with Gasteiger partial charge >= 0.3 is 6.03 Å². The molecule has 2 aromatic heterocycles. The number of aliphatic hydroxyl groups is 1. The maximum absolute atomic E-state index is 12.6. The van der Waals surface area contributed by atoms with Crippen LogP contribution in [0.1, 0.15) is 31.2 Å². The van der Waals surface area contributed by atoms with Gasteiger partial charge in [-0.3, -0.25) is 10.3 Å². The minimum Gasteiger partial charge on any atom is -0.393 e. The van der Waals surface area contributed by atoms with Crippen LogP contribution in [0, 0.1) is 12.8 Å². The smallest absolute Gasteiger partial charge is 0.323 e. The van der Waals surface area contributed by atoms with Gasteiger partial charge in [-0.05, 0) is 38.8 Å². The van der Waals surface area contributed by atoms with Crippen LogP contribution in [0.5, 0.6) is 0 Å². The van der Waals surface area contributed by atoms with Crippen LogP contribution in [-0.2, 0) is 6.54 Å². The van der Waals surface area contributed by atoms with Gasteiger partial charge in [0.05, 0.1) is 24.0 Å². The number of amides is 2. The number of aliphatic hydroxyl groups excluding tert-OH is 1. The molecule has 2 atom stereocenters. The zero-order valence-electron chi connectivity index (χ0n) is 14.7. The first-order chi connectivity index (χ1) is 12.0. The summed E-state index contributed by atoms with van der Waals surface area (Å²) in [5.74, 6) is 0.798. The Hall–Kier alpha value is -2.41. The summed E-state index contributed by atoms with van der Waals surface area (Å²) in [5.41, 5.74) is 1.72. The first-order valence-electron chi connectivity index (χ1n) is 8.71. The van der Waals surface area contributed by atoms with Crippen LogP contribution in [0.15, 0.2) is 30.5 Å².